The Hall–Kier alpha value is -1.75. The van der Waals surface area contributed by atoms with Crippen molar-refractivity contribution in [3.05, 3.63) is 24.3 Å². The van der Waals surface area contributed by atoms with Crippen molar-refractivity contribution in [2.75, 3.05) is 32.5 Å². The van der Waals surface area contributed by atoms with Gasteiger partial charge in [-0.05, 0) is 50.7 Å². The number of anilines is 1. The van der Waals surface area contributed by atoms with Gasteiger partial charge >= 0.3 is 0 Å². The highest BCUT2D eigenvalue weighted by molar-refractivity contribution is 5.77. The lowest BCUT2D eigenvalue weighted by atomic mass is 10.2. The van der Waals surface area contributed by atoms with Crippen molar-refractivity contribution in [2.24, 2.45) is 0 Å². The van der Waals surface area contributed by atoms with Crippen LogP contribution >= 0.6 is 0 Å². The highest BCUT2D eigenvalue weighted by atomic mass is 16.5. The lowest BCUT2D eigenvalue weighted by Gasteiger charge is -2.19. The minimum atomic E-state index is -0.0860. The quantitative estimate of drug-likeness (QED) is 0.773. The van der Waals surface area contributed by atoms with Crippen molar-refractivity contribution in [1.29, 1.82) is 0 Å². The van der Waals surface area contributed by atoms with Gasteiger partial charge in [0.1, 0.15) is 5.75 Å². The van der Waals surface area contributed by atoms with Crippen LogP contribution in [0.1, 0.15) is 12.8 Å². The zero-order valence-electron chi connectivity index (χ0n) is 11.3. The van der Waals surface area contributed by atoms with Crippen LogP contribution < -0.4 is 15.8 Å². The molecule has 19 heavy (non-hydrogen) atoms. The fourth-order valence-corrected chi connectivity index (χ4v) is 2.23. The number of likely N-dealkylation sites (N-methyl/N-ethyl adjacent to an activating group) is 1. The number of nitrogens with one attached hydrogen (secondary N) is 1. The molecule has 1 unspecified atom stereocenters. The number of hydrogen-bond donors (Lipinski definition) is 2. The summed E-state index contributed by atoms with van der Waals surface area (Å²) < 4.78 is 5.38. The summed E-state index contributed by atoms with van der Waals surface area (Å²) in [5.41, 5.74) is 6.26. The van der Waals surface area contributed by atoms with Crippen LogP contribution in [0.5, 0.6) is 5.75 Å². The maximum Gasteiger partial charge on any atom is 0.257 e. The fourth-order valence-electron chi connectivity index (χ4n) is 2.23. The Morgan fingerprint density at radius 3 is 2.84 bits per heavy atom. The van der Waals surface area contributed by atoms with Crippen LogP contribution in [-0.2, 0) is 4.79 Å². The molecule has 5 heteroatoms. The predicted molar refractivity (Wildman–Crippen MR) is 75.0 cm³/mol. The van der Waals surface area contributed by atoms with Crippen LogP contribution in [0.3, 0.4) is 0 Å². The number of nitrogens with two attached hydrogens (primary N) is 1. The molecule has 0 bridgehead atoms. The Morgan fingerprint density at radius 1 is 1.47 bits per heavy atom. The number of hydrogen-bond acceptors (Lipinski definition) is 4. The number of amides is 1. The Kier molecular flexibility index (Phi) is 4.63. The number of rotatable bonds is 5. The van der Waals surface area contributed by atoms with Crippen molar-refractivity contribution in [1.82, 2.24) is 10.2 Å². The third-order valence-corrected chi connectivity index (χ3v) is 3.46. The maximum atomic E-state index is 11.7. The summed E-state index contributed by atoms with van der Waals surface area (Å²) in [6.45, 7) is 1.85. The molecule has 0 radical (unpaired) electrons. The van der Waals surface area contributed by atoms with E-state index < -0.39 is 0 Å². The third kappa shape index (κ3) is 4.13. The molecule has 0 aromatic heterocycles. The van der Waals surface area contributed by atoms with Gasteiger partial charge in [0.15, 0.2) is 6.61 Å². The number of benzene rings is 1. The summed E-state index contributed by atoms with van der Waals surface area (Å²) in [7, 11) is 2.09. The molecule has 1 aromatic carbocycles. The molecule has 2 rings (SSSR count). The van der Waals surface area contributed by atoms with Gasteiger partial charge in [-0.1, -0.05) is 0 Å². The molecule has 1 saturated heterocycles. The molecule has 0 spiro atoms. The second kappa shape index (κ2) is 6.43. The highest BCUT2D eigenvalue weighted by Gasteiger charge is 2.20. The second-order valence-corrected chi connectivity index (χ2v) is 4.94. The standard InChI is InChI=1S/C14H21N3O2/c1-17-8-2-3-12(17)9-16-14(18)10-19-13-6-4-11(15)5-7-13/h4-7,12H,2-3,8-10,15H2,1H3,(H,16,18). The molecular formula is C14H21N3O2. The van der Waals surface area contributed by atoms with Crippen LogP contribution in [0, 0.1) is 0 Å². The van der Waals surface area contributed by atoms with Gasteiger partial charge in [0.05, 0.1) is 0 Å². The number of carbonyl (C=O) groups is 1. The molecule has 1 atom stereocenters. The van der Waals surface area contributed by atoms with Crippen molar-refractivity contribution in [3.8, 4) is 5.75 Å². The minimum Gasteiger partial charge on any atom is -0.484 e. The first-order valence-corrected chi connectivity index (χ1v) is 6.60. The largest absolute Gasteiger partial charge is 0.484 e. The van der Waals surface area contributed by atoms with E-state index in [0.717, 1.165) is 13.0 Å². The molecule has 1 aromatic rings. The van der Waals surface area contributed by atoms with Gasteiger partial charge in [-0.3, -0.25) is 4.79 Å². The average Bonchev–Trinajstić information content (AvgIpc) is 2.81. The van der Waals surface area contributed by atoms with Crippen LogP contribution in [0.2, 0.25) is 0 Å². The zero-order valence-corrected chi connectivity index (χ0v) is 11.3. The van der Waals surface area contributed by atoms with Crippen molar-refractivity contribution in [2.45, 2.75) is 18.9 Å². The van der Waals surface area contributed by atoms with E-state index in [-0.39, 0.29) is 12.5 Å². The normalized spacial score (nSPS) is 19.3. The summed E-state index contributed by atoms with van der Waals surface area (Å²) in [5, 5.41) is 2.91. The van der Waals surface area contributed by atoms with E-state index in [9.17, 15) is 4.79 Å². The third-order valence-electron chi connectivity index (χ3n) is 3.46. The van der Waals surface area contributed by atoms with Crippen molar-refractivity contribution in [3.63, 3.8) is 0 Å². The van der Waals surface area contributed by atoms with E-state index in [0.29, 0.717) is 24.0 Å². The molecule has 0 aliphatic carbocycles. The lowest BCUT2D eigenvalue weighted by Crippen LogP contribution is -2.40. The molecule has 5 nitrogen and oxygen atoms in total. The van der Waals surface area contributed by atoms with Crippen LogP contribution in [0.15, 0.2) is 24.3 Å². The Labute approximate surface area is 113 Å². The van der Waals surface area contributed by atoms with Crippen molar-refractivity contribution >= 4 is 11.6 Å². The average molecular weight is 263 g/mol. The van der Waals surface area contributed by atoms with E-state index in [1.807, 2.05) is 0 Å². The molecule has 3 N–H and O–H groups in total. The zero-order chi connectivity index (χ0) is 13.7. The van der Waals surface area contributed by atoms with E-state index in [4.69, 9.17) is 10.5 Å². The maximum absolute atomic E-state index is 11.7. The van der Waals surface area contributed by atoms with Crippen LogP contribution in [-0.4, -0.2) is 43.6 Å². The van der Waals surface area contributed by atoms with E-state index in [1.165, 1.54) is 6.42 Å². The predicted octanol–water partition coefficient (Wildman–Crippen LogP) is 0.858. The molecule has 1 aliphatic rings. The monoisotopic (exact) mass is 263 g/mol. The summed E-state index contributed by atoms with van der Waals surface area (Å²) in [6.07, 6.45) is 2.36. The molecule has 1 heterocycles. The van der Waals surface area contributed by atoms with Crippen LogP contribution in [0.25, 0.3) is 0 Å². The Bertz CT molecular complexity index is 419. The first-order valence-electron chi connectivity index (χ1n) is 6.60. The minimum absolute atomic E-state index is 0.0420. The molecule has 1 fully saturated rings. The number of nitrogens with zero attached hydrogens (tertiary/aromatic N) is 1. The second-order valence-electron chi connectivity index (χ2n) is 4.94. The number of ether oxygens (including phenoxy) is 1. The van der Waals surface area contributed by atoms with Gasteiger partial charge in [-0.25, -0.2) is 0 Å². The van der Waals surface area contributed by atoms with Gasteiger partial charge in [-0.15, -0.1) is 0 Å². The Balaban J connectivity index is 1.68. The van der Waals surface area contributed by atoms with Gasteiger partial charge in [0.25, 0.3) is 5.91 Å². The highest BCUT2D eigenvalue weighted by Crippen LogP contribution is 2.14. The molecular weight excluding hydrogens is 242 g/mol. The SMILES string of the molecule is CN1CCCC1CNC(=O)COc1ccc(N)cc1. The summed E-state index contributed by atoms with van der Waals surface area (Å²) in [5.74, 6) is 0.569. The fraction of sp³-hybridized carbons (Fsp3) is 0.500. The molecule has 104 valence electrons. The van der Waals surface area contributed by atoms with Gasteiger partial charge in [0.2, 0.25) is 0 Å². The summed E-state index contributed by atoms with van der Waals surface area (Å²) in [6, 6.07) is 7.47. The Morgan fingerprint density at radius 2 is 2.21 bits per heavy atom. The first kappa shape index (κ1) is 13.7. The number of nitrogen functional groups attached to an aromatic ring is 1. The summed E-state index contributed by atoms with van der Waals surface area (Å²) >= 11 is 0. The molecule has 1 amide bonds. The smallest absolute Gasteiger partial charge is 0.257 e. The number of carbonyl (C=O) groups excluding carboxylic acids is 1. The molecule has 0 saturated carbocycles. The lowest BCUT2D eigenvalue weighted by molar-refractivity contribution is -0.123. The van der Waals surface area contributed by atoms with Gasteiger partial charge in [0, 0.05) is 18.3 Å². The number of likely N-dealkylation sites (tertiary alicyclic amines) is 1. The van der Waals surface area contributed by atoms with Gasteiger partial charge < -0.3 is 20.7 Å². The van der Waals surface area contributed by atoms with E-state index >= 15 is 0 Å². The topological polar surface area (TPSA) is 67.6 Å². The van der Waals surface area contributed by atoms with Gasteiger partial charge in [-0.2, -0.15) is 0 Å². The van der Waals surface area contributed by atoms with E-state index in [1.54, 1.807) is 24.3 Å². The van der Waals surface area contributed by atoms with Crippen LogP contribution in [0.4, 0.5) is 5.69 Å². The first-order chi connectivity index (χ1) is 9.15. The summed E-state index contributed by atoms with van der Waals surface area (Å²) in [4.78, 5) is 13.9. The van der Waals surface area contributed by atoms with Crippen molar-refractivity contribution < 1.29 is 9.53 Å². The van der Waals surface area contributed by atoms with E-state index in [2.05, 4.69) is 17.3 Å². The molecule has 1 aliphatic heterocycles.